The summed E-state index contributed by atoms with van der Waals surface area (Å²) >= 11 is 2.26. The minimum absolute atomic E-state index is 0.184. The van der Waals surface area contributed by atoms with Gasteiger partial charge in [0.1, 0.15) is 0 Å². The molecule has 0 aliphatic heterocycles. The van der Waals surface area contributed by atoms with Crippen molar-refractivity contribution in [2.45, 2.75) is 26.2 Å². The van der Waals surface area contributed by atoms with Gasteiger partial charge in [0.05, 0.1) is 0 Å². The van der Waals surface area contributed by atoms with Crippen molar-refractivity contribution in [1.29, 1.82) is 0 Å². The quantitative estimate of drug-likeness (QED) is 0.544. The fourth-order valence-electron chi connectivity index (χ4n) is 1.50. The zero-order valence-electron chi connectivity index (χ0n) is 10.8. The molecular formula is C13H18IN3O2. The lowest BCUT2D eigenvalue weighted by Gasteiger charge is -2.07. The second-order valence-corrected chi connectivity index (χ2v) is 5.26. The molecule has 104 valence electrons. The molecule has 0 radical (unpaired) electrons. The van der Waals surface area contributed by atoms with Crippen LogP contribution in [0.2, 0.25) is 0 Å². The highest BCUT2D eigenvalue weighted by atomic mass is 127. The molecule has 0 unspecified atom stereocenters. The smallest absolute Gasteiger partial charge is 0.333 e. The molecule has 3 N–H and O–H groups in total. The third-order valence-corrected chi connectivity index (χ3v) is 3.15. The Balaban J connectivity index is 2.16. The fourth-order valence-corrected chi connectivity index (χ4v) is 1.86. The normalized spacial score (nSPS) is 9.79. The number of amides is 3. The van der Waals surface area contributed by atoms with Crippen LogP contribution in [0.15, 0.2) is 24.3 Å². The van der Waals surface area contributed by atoms with Crippen LogP contribution < -0.4 is 16.2 Å². The van der Waals surface area contributed by atoms with Gasteiger partial charge >= 0.3 is 6.03 Å². The molecule has 1 rings (SSSR count). The molecule has 5 nitrogen and oxygen atoms in total. The predicted molar refractivity (Wildman–Crippen MR) is 82.4 cm³/mol. The number of hydrazine groups is 1. The van der Waals surface area contributed by atoms with E-state index >= 15 is 0 Å². The number of halogens is 1. The third kappa shape index (κ3) is 7.00. The number of urea groups is 1. The largest absolute Gasteiger partial charge is 0.337 e. The van der Waals surface area contributed by atoms with E-state index in [2.05, 4.69) is 50.9 Å². The fraction of sp³-hybridized carbons (Fsp3) is 0.385. The van der Waals surface area contributed by atoms with Gasteiger partial charge in [0.25, 0.3) is 0 Å². The van der Waals surface area contributed by atoms with Crippen molar-refractivity contribution in [3.8, 4) is 0 Å². The van der Waals surface area contributed by atoms with E-state index in [-0.39, 0.29) is 5.91 Å². The highest BCUT2D eigenvalue weighted by Gasteiger charge is 2.03. The minimum atomic E-state index is -0.395. The monoisotopic (exact) mass is 375 g/mol. The summed E-state index contributed by atoms with van der Waals surface area (Å²) in [4.78, 5) is 22.5. The number of benzene rings is 1. The van der Waals surface area contributed by atoms with Crippen LogP contribution in [0.25, 0.3) is 0 Å². The molecule has 0 saturated carbocycles. The first-order chi connectivity index (χ1) is 9.11. The topological polar surface area (TPSA) is 70.2 Å². The van der Waals surface area contributed by atoms with Crippen LogP contribution in [-0.4, -0.2) is 18.5 Å². The summed E-state index contributed by atoms with van der Waals surface area (Å²) in [6, 6.07) is 7.83. The maximum absolute atomic E-state index is 11.4. The Morgan fingerprint density at radius 1 is 1.16 bits per heavy atom. The Labute approximate surface area is 126 Å². The molecule has 0 bridgehead atoms. The lowest BCUT2D eigenvalue weighted by atomic mass is 10.1. The highest BCUT2D eigenvalue weighted by Crippen LogP contribution is 2.09. The SMILES string of the molecule is CCNC(=O)NNC(=O)CCCc1ccc(I)cc1. The van der Waals surface area contributed by atoms with E-state index in [4.69, 9.17) is 0 Å². The molecule has 0 aromatic heterocycles. The van der Waals surface area contributed by atoms with Crippen molar-refractivity contribution in [2.75, 3.05) is 6.54 Å². The summed E-state index contributed by atoms with van der Waals surface area (Å²) in [6.07, 6.45) is 1.99. The molecule has 0 aliphatic rings. The highest BCUT2D eigenvalue weighted by molar-refractivity contribution is 14.1. The van der Waals surface area contributed by atoms with E-state index in [0.717, 1.165) is 12.8 Å². The average Bonchev–Trinajstić information content (AvgIpc) is 2.39. The van der Waals surface area contributed by atoms with Crippen molar-refractivity contribution in [3.05, 3.63) is 33.4 Å². The summed E-state index contributed by atoms with van der Waals surface area (Å²) in [7, 11) is 0. The van der Waals surface area contributed by atoms with Gasteiger partial charge in [-0.3, -0.25) is 10.2 Å². The Bertz CT molecular complexity index is 420. The van der Waals surface area contributed by atoms with E-state index in [1.807, 2.05) is 19.1 Å². The van der Waals surface area contributed by atoms with Crippen LogP contribution in [0, 0.1) is 3.57 Å². The van der Waals surface area contributed by atoms with Gasteiger partial charge in [-0.25, -0.2) is 10.2 Å². The maximum Gasteiger partial charge on any atom is 0.333 e. The summed E-state index contributed by atoms with van der Waals surface area (Å²) in [5, 5.41) is 2.52. The van der Waals surface area contributed by atoms with Gasteiger partial charge in [0.2, 0.25) is 5.91 Å². The number of aryl methyl sites for hydroxylation is 1. The number of carbonyl (C=O) groups excluding carboxylic acids is 2. The van der Waals surface area contributed by atoms with Gasteiger partial charge in [-0.2, -0.15) is 0 Å². The summed E-state index contributed by atoms with van der Waals surface area (Å²) < 4.78 is 1.20. The first-order valence-electron chi connectivity index (χ1n) is 6.19. The number of carbonyl (C=O) groups is 2. The van der Waals surface area contributed by atoms with Crippen LogP contribution in [0.3, 0.4) is 0 Å². The van der Waals surface area contributed by atoms with Gasteiger partial charge in [-0.15, -0.1) is 0 Å². The molecule has 0 aliphatic carbocycles. The van der Waals surface area contributed by atoms with Gasteiger partial charge < -0.3 is 5.32 Å². The Morgan fingerprint density at radius 2 is 1.84 bits per heavy atom. The lowest BCUT2D eigenvalue weighted by Crippen LogP contribution is -2.46. The number of nitrogens with one attached hydrogen (secondary N) is 3. The van der Waals surface area contributed by atoms with Gasteiger partial charge in [0.15, 0.2) is 0 Å². The molecule has 3 amide bonds. The Morgan fingerprint density at radius 3 is 2.47 bits per heavy atom. The molecule has 0 fully saturated rings. The predicted octanol–water partition coefficient (Wildman–Crippen LogP) is 1.96. The van der Waals surface area contributed by atoms with E-state index in [1.165, 1.54) is 9.13 Å². The minimum Gasteiger partial charge on any atom is -0.337 e. The molecule has 0 heterocycles. The third-order valence-electron chi connectivity index (χ3n) is 2.44. The van der Waals surface area contributed by atoms with Crippen LogP contribution in [-0.2, 0) is 11.2 Å². The van der Waals surface area contributed by atoms with Gasteiger partial charge in [-0.1, -0.05) is 12.1 Å². The number of hydrogen-bond donors (Lipinski definition) is 3. The van der Waals surface area contributed by atoms with E-state index in [1.54, 1.807) is 0 Å². The van der Waals surface area contributed by atoms with E-state index in [0.29, 0.717) is 13.0 Å². The zero-order valence-corrected chi connectivity index (χ0v) is 13.0. The standard InChI is InChI=1S/C13H18IN3O2/c1-2-15-13(19)17-16-12(18)5-3-4-10-6-8-11(14)9-7-10/h6-9H,2-5H2,1H3,(H,16,18)(H2,15,17,19). The first kappa shape index (κ1) is 15.7. The van der Waals surface area contributed by atoms with E-state index in [9.17, 15) is 9.59 Å². The first-order valence-corrected chi connectivity index (χ1v) is 7.27. The molecule has 0 spiro atoms. The molecule has 0 saturated heterocycles. The molecule has 6 heteroatoms. The average molecular weight is 375 g/mol. The van der Waals surface area contributed by atoms with Gasteiger partial charge in [-0.05, 0) is 60.1 Å². The molecule has 1 aromatic rings. The summed E-state index contributed by atoms with van der Waals surface area (Å²) in [6.45, 7) is 2.33. The maximum atomic E-state index is 11.4. The number of rotatable bonds is 5. The van der Waals surface area contributed by atoms with Crippen LogP contribution in [0.1, 0.15) is 25.3 Å². The summed E-state index contributed by atoms with van der Waals surface area (Å²) in [5.74, 6) is -0.184. The second-order valence-electron chi connectivity index (χ2n) is 4.01. The van der Waals surface area contributed by atoms with Crippen LogP contribution in [0.4, 0.5) is 4.79 Å². The zero-order chi connectivity index (χ0) is 14.1. The van der Waals surface area contributed by atoms with Crippen molar-refractivity contribution in [1.82, 2.24) is 16.2 Å². The Kier molecular flexibility index (Phi) is 7.24. The lowest BCUT2D eigenvalue weighted by molar-refractivity contribution is -0.121. The van der Waals surface area contributed by atoms with Crippen LogP contribution in [0.5, 0.6) is 0 Å². The van der Waals surface area contributed by atoms with Crippen molar-refractivity contribution in [3.63, 3.8) is 0 Å². The van der Waals surface area contributed by atoms with Crippen molar-refractivity contribution in [2.24, 2.45) is 0 Å². The Hall–Kier alpha value is -1.31. The molecular weight excluding hydrogens is 357 g/mol. The van der Waals surface area contributed by atoms with Gasteiger partial charge in [0, 0.05) is 16.5 Å². The molecule has 1 aromatic carbocycles. The van der Waals surface area contributed by atoms with E-state index < -0.39 is 6.03 Å². The second kappa shape index (κ2) is 8.73. The molecule has 0 atom stereocenters. The van der Waals surface area contributed by atoms with Crippen molar-refractivity contribution >= 4 is 34.5 Å². The summed E-state index contributed by atoms with van der Waals surface area (Å²) in [5.41, 5.74) is 5.86. The van der Waals surface area contributed by atoms with Crippen molar-refractivity contribution < 1.29 is 9.59 Å². The van der Waals surface area contributed by atoms with Crippen LogP contribution >= 0.6 is 22.6 Å². The number of hydrogen-bond acceptors (Lipinski definition) is 2. The molecule has 19 heavy (non-hydrogen) atoms.